The highest BCUT2D eigenvalue weighted by Crippen LogP contribution is 2.28. The highest BCUT2D eigenvalue weighted by Gasteiger charge is 2.22. The predicted molar refractivity (Wildman–Crippen MR) is 114 cm³/mol. The summed E-state index contributed by atoms with van der Waals surface area (Å²) in [5.41, 5.74) is 2.97. The van der Waals surface area contributed by atoms with E-state index in [0.717, 1.165) is 54.6 Å². The van der Waals surface area contributed by atoms with Gasteiger partial charge in [-0.1, -0.05) is 42.1 Å². The van der Waals surface area contributed by atoms with Crippen LogP contribution in [-0.4, -0.2) is 46.2 Å². The van der Waals surface area contributed by atoms with Crippen molar-refractivity contribution >= 4 is 21.8 Å². The third-order valence-corrected chi connectivity index (χ3v) is 6.04. The molecule has 1 fully saturated rings. The van der Waals surface area contributed by atoms with Crippen molar-refractivity contribution in [2.75, 3.05) is 26.2 Å². The lowest BCUT2D eigenvalue weighted by molar-refractivity contribution is -0.918. The van der Waals surface area contributed by atoms with Crippen LogP contribution in [0.5, 0.6) is 11.5 Å². The van der Waals surface area contributed by atoms with Crippen LogP contribution in [0.4, 0.5) is 0 Å². The van der Waals surface area contributed by atoms with Gasteiger partial charge in [0.2, 0.25) is 0 Å². The summed E-state index contributed by atoms with van der Waals surface area (Å²) in [6, 6.07) is 15.6. The van der Waals surface area contributed by atoms with Gasteiger partial charge < -0.3 is 15.1 Å². The summed E-state index contributed by atoms with van der Waals surface area (Å²) in [6.07, 6.45) is 3.39. The van der Waals surface area contributed by atoms with Crippen molar-refractivity contribution in [3.8, 4) is 11.5 Å². The average molecular weight is 400 g/mol. The first-order valence-electron chi connectivity index (χ1n) is 10.3. The van der Waals surface area contributed by atoms with Crippen molar-refractivity contribution in [2.24, 2.45) is 0 Å². The Morgan fingerprint density at radius 1 is 0.867 bits per heavy atom. The maximum Gasteiger partial charge on any atom is 0.146 e. The molecule has 0 saturated carbocycles. The molecule has 152 valence electrons. The van der Waals surface area contributed by atoms with Crippen molar-refractivity contribution in [2.45, 2.75) is 13.1 Å². The predicted octanol–water partition coefficient (Wildman–Crippen LogP) is 1.46. The molecule has 0 amide bonds. The van der Waals surface area contributed by atoms with E-state index in [1.54, 1.807) is 12.4 Å². The number of rotatable bonds is 4. The highest BCUT2D eigenvalue weighted by molar-refractivity contribution is 5.85. The Labute approximate surface area is 175 Å². The molecular formula is C24H24N4O2. The van der Waals surface area contributed by atoms with E-state index in [-0.39, 0.29) is 11.5 Å². The van der Waals surface area contributed by atoms with Crippen LogP contribution in [0.1, 0.15) is 11.1 Å². The number of nitrogens with zero attached hydrogens (tertiary/aromatic N) is 3. The standard InChI is InChI=1S/C24H24N4O2/c29-23-19(7-5-17-3-1-9-25-21(17)23)15-27-11-13-28(14-12-27)16-20-8-6-18-4-2-10-26-22(18)24(20)30/h1-10,29-30H,11-16H2. The Bertz CT molecular complexity index is 1110. The van der Waals surface area contributed by atoms with Gasteiger partial charge in [0.1, 0.15) is 17.8 Å². The molecule has 0 radical (unpaired) electrons. The van der Waals surface area contributed by atoms with Crippen LogP contribution in [0.25, 0.3) is 21.8 Å². The molecule has 1 saturated heterocycles. The van der Waals surface area contributed by atoms with Gasteiger partial charge in [0.15, 0.2) is 0 Å². The summed E-state index contributed by atoms with van der Waals surface area (Å²) in [6.45, 7) is 5.21. The smallest absolute Gasteiger partial charge is 0.146 e. The Balaban J connectivity index is 1.24. The number of aromatic nitrogens is 2. The van der Waals surface area contributed by atoms with Crippen molar-refractivity contribution < 1.29 is 15.1 Å². The lowest BCUT2D eigenvalue weighted by Crippen LogP contribution is -3.13. The van der Waals surface area contributed by atoms with Gasteiger partial charge in [-0.05, 0) is 17.5 Å². The fourth-order valence-corrected chi connectivity index (χ4v) is 4.31. The first-order valence-corrected chi connectivity index (χ1v) is 10.3. The number of fused-ring (bicyclic) bond motifs is 2. The number of phenolic OH excluding ortho intramolecular Hbond substituents is 1. The van der Waals surface area contributed by atoms with Crippen LogP contribution >= 0.6 is 0 Å². The maximum absolute atomic E-state index is 12.7. The summed E-state index contributed by atoms with van der Waals surface area (Å²) in [4.78, 5) is 12.3. The Hall–Kier alpha value is -3.22. The van der Waals surface area contributed by atoms with Crippen LogP contribution in [0.2, 0.25) is 0 Å². The monoisotopic (exact) mass is 400 g/mol. The van der Waals surface area contributed by atoms with Gasteiger partial charge in [0, 0.05) is 48.5 Å². The number of benzene rings is 2. The number of pyridine rings is 2. The van der Waals surface area contributed by atoms with Gasteiger partial charge >= 0.3 is 0 Å². The third-order valence-electron chi connectivity index (χ3n) is 6.04. The first kappa shape index (κ1) is 18.8. The van der Waals surface area contributed by atoms with Gasteiger partial charge in [0.05, 0.1) is 18.6 Å². The second kappa shape index (κ2) is 7.89. The molecule has 4 aromatic rings. The zero-order valence-electron chi connectivity index (χ0n) is 16.7. The lowest BCUT2D eigenvalue weighted by Gasteiger charge is -2.33. The molecule has 2 N–H and O–H groups in total. The molecule has 0 atom stereocenters. The quantitative estimate of drug-likeness (QED) is 0.543. The minimum atomic E-state index is 0.0524. The van der Waals surface area contributed by atoms with Gasteiger partial charge in [-0.25, -0.2) is 0 Å². The minimum absolute atomic E-state index is 0.0524. The molecule has 6 nitrogen and oxygen atoms in total. The largest absolute Gasteiger partial charge is 0.871 e. The number of hydrogen-bond donors (Lipinski definition) is 2. The van der Waals surface area contributed by atoms with Crippen LogP contribution in [-0.2, 0) is 13.1 Å². The van der Waals surface area contributed by atoms with Gasteiger partial charge in [0.25, 0.3) is 0 Å². The molecule has 0 unspecified atom stereocenters. The molecule has 6 heteroatoms. The summed E-state index contributed by atoms with van der Waals surface area (Å²) < 4.78 is 0. The van der Waals surface area contributed by atoms with Crippen molar-refractivity contribution in [3.05, 3.63) is 72.1 Å². The van der Waals surface area contributed by atoms with E-state index in [9.17, 15) is 10.2 Å². The molecule has 1 aliphatic heterocycles. The zero-order chi connectivity index (χ0) is 20.5. The molecule has 2 aromatic heterocycles. The topological polar surface area (TPSA) is 76.8 Å². The van der Waals surface area contributed by atoms with E-state index in [4.69, 9.17) is 0 Å². The van der Waals surface area contributed by atoms with E-state index in [1.165, 1.54) is 4.90 Å². The fourth-order valence-electron chi connectivity index (χ4n) is 4.31. The van der Waals surface area contributed by atoms with Crippen molar-refractivity contribution in [1.29, 1.82) is 0 Å². The molecule has 0 aliphatic carbocycles. The van der Waals surface area contributed by atoms with Crippen LogP contribution in [0.15, 0.2) is 60.9 Å². The lowest BCUT2D eigenvalue weighted by atomic mass is 10.1. The summed E-state index contributed by atoms with van der Waals surface area (Å²) in [7, 11) is 0. The average Bonchev–Trinajstić information content (AvgIpc) is 2.79. The van der Waals surface area contributed by atoms with Crippen LogP contribution in [0, 0.1) is 0 Å². The first-order chi connectivity index (χ1) is 14.7. The number of aromatic hydroxyl groups is 1. The van der Waals surface area contributed by atoms with Crippen LogP contribution < -0.4 is 10.0 Å². The molecule has 30 heavy (non-hydrogen) atoms. The summed E-state index contributed by atoms with van der Waals surface area (Å²) in [5, 5.41) is 25.2. The summed E-state index contributed by atoms with van der Waals surface area (Å²) in [5.74, 6) is 0.333. The number of nitrogens with one attached hydrogen (secondary N) is 1. The molecule has 0 bridgehead atoms. The molecular weight excluding hydrogens is 376 g/mol. The SMILES string of the molecule is [O-]c1c(C[NH+]2CCN(Cc3ccc4cccnc4c3O)CC2)ccc2cccnc12. The van der Waals surface area contributed by atoms with Gasteiger partial charge in [-0.2, -0.15) is 0 Å². The number of phenols is 1. The molecule has 5 rings (SSSR count). The van der Waals surface area contributed by atoms with E-state index in [1.807, 2.05) is 48.5 Å². The van der Waals surface area contributed by atoms with E-state index in [2.05, 4.69) is 14.9 Å². The Morgan fingerprint density at radius 2 is 1.50 bits per heavy atom. The Kier molecular flexibility index (Phi) is 4.94. The Morgan fingerprint density at radius 3 is 2.23 bits per heavy atom. The van der Waals surface area contributed by atoms with E-state index in [0.29, 0.717) is 17.6 Å². The van der Waals surface area contributed by atoms with Crippen LogP contribution in [0.3, 0.4) is 0 Å². The second-order valence-electron chi connectivity index (χ2n) is 7.98. The zero-order valence-corrected chi connectivity index (χ0v) is 16.7. The maximum atomic E-state index is 12.7. The second-order valence-corrected chi connectivity index (χ2v) is 7.98. The van der Waals surface area contributed by atoms with Gasteiger partial charge in [-0.15, -0.1) is 0 Å². The van der Waals surface area contributed by atoms with Crippen molar-refractivity contribution in [1.82, 2.24) is 14.9 Å². The third kappa shape index (κ3) is 3.56. The molecule has 3 heterocycles. The fraction of sp³-hybridized carbons (Fsp3) is 0.250. The minimum Gasteiger partial charge on any atom is -0.871 e. The highest BCUT2D eigenvalue weighted by atomic mass is 16.3. The molecule has 1 aliphatic rings. The number of quaternary nitrogens is 1. The number of hydrogen-bond acceptors (Lipinski definition) is 5. The normalized spacial score (nSPS) is 15.7. The van der Waals surface area contributed by atoms with Crippen molar-refractivity contribution in [3.63, 3.8) is 0 Å². The molecule has 2 aromatic carbocycles. The van der Waals surface area contributed by atoms with E-state index >= 15 is 0 Å². The number of piperazine rings is 1. The molecule has 0 spiro atoms. The van der Waals surface area contributed by atoms with Gasteiger partial charge in [-0.3, -0.25) is 14.9 Å². The summed E-state index contributed by atoms with van der Waals surface area (Å²) >= 11 is 0. The van der Waals surface area contributed by atoms with E-state index < -0.39 is 0 Å².